The SMILES string of the molecule is CC(=O)c1ccc(OC(F)F)c(C)c1F. The number of hydrogen-bond donors (Lipinski definition) is 0. The number of rotatable bonds is 3. The average molecular weight is 218 g/mol. The van der Waals surface area contributed by atoms with Gasteiger partial charge in [-0.25, -0.2) is 4.39 Å². The lowest BCUT2D eigenvalue weighted by atomic mass is 10.1. The minimum absolute atomic E-state index is 0.0944. The minimum Gasteiger partial charge on any atom is -0.434 e. The summed E-state index contributed by atoms with van der Waals surface area (Å²) in [5.41, 5.74) is -0.225. The van der Waals surface area contributed by atoms with Gasteiger partial charge in [0.1, 0.15) is 11.6 Å². The van der Waals surface area contributed by atoms with Crippen LogP contribution in [-0.4, -0.2) is 12.4 Å². The molecule has 5 heteroatoms. The minimum atomic E-state index is -3.01. The van der Waals surface area contributed by atoms with Gasteiger partial charge in [-0.15, -0.1) is 0 Å². The van der Waals surface area contributed by atoms with E-state index in [2.05, 4.69) is 4.74 Å². The first-order valence-electron chi connectivity index (χ1n) is 4.18. The van der Waals surface area contributed by atoms with E-state index in [-0.39, 0.29) is 16.9 Å². The predicted molar refractivity (Wildman–Crippen MR) is 47.8 cm³/mol. The maximum Gasteiger partial charge on any atom is 0.387 e. The fourth-order valence-corrected chi connectivity index (χ4v) is 1.16. The molecule has 0 aromatic heterocycles. The molecular formula is C10H9F3O2. The van der Waals surface area contributed by atoms with Crippen molar-refractivity contribution in [2.45, 2.75) is 20.5 Å². The Morgan fingerprint density at radius 1 is 1.40 bits per heavy atom. The Bertz CT molecular complexity index is 388. The molecule has 0 unspecified atom stereocenters. The van der Waals surface area contributed by atoms with Gasteiger partial charge < -0.3 is 4.74 Å². The van der Waals surface area contributed by atoms with Crippen molar-refractivity contribution >= 4 is 5.78 Å². The molecule has 0 heterocycles. The molecule has 1 aromatic carbocycles. The van der Waals surface area contributed by atoms with Gasteiger partial charge in [-0.05, 0) is 26.0 Å². The highest BCUT2D eigenvalue weighted by atomic mass is 19.3. The summed E-state index contributed by atoms with van der Waals surface area (Å²) < 4.78 is 41.3. The summed E-state index contributed by atoms with van der Waals surface area (Å²) >= 11 is 0. The molecular weight excluding hydrogens is 209 g/mol. The number of carbonyl (C=O) groups is 1. The summed E-state index contributed by atoms with van der Waals surface area (Å²) in [5, 5.41) is 0. The zero-order chi connectivity index (χ0) is 11.6. The van der Waals surface area contributed by atoms with Gasteiger partial charge in [0.2, 0.25) is 0 Å². The molecule has 0 aliphatic heterocycles. The topological polar surface area (TPSA) is 26.3 Å². The fraction of sp³-hybridized carbons (Fsp3) is 0.300. The number of ether oxygens (including phenoxy) is 1. The Hall–Kier alpha value is -1.52. The maximum absolute atomic E-state index is 13.4. The average Bonchev–Trinajstić information content (AvgIpc) is 2.12. The lowest BCUT2D eigenvalue weighted by molar-refractivity contribution is -0.0504. The van der Waals surface area contributed by atoms with Gasteiger partial charge in [0, 0.05) is 5.56 Å². The largest absolute Gasteiger partial charge is 0.434 e. The number of benzene rings is 1. The van der Waals surface area contributed by atoms with Crippen LogP contribution in [0.1, 0.15) is 22.8 Å². The number of halogens is 3. The number of hydrogen-bond acceptors (Lipinski definition) is 2. The van der Waals surface area contributed by atoms with Crippen LogP contribution in [0.2, 0.25) is 0 Å². The van der Waals surface area contributed by atoms with Crippen molar-refractivity contribution < 1.29 is 22.7 Å². The van der Waals surface area contributed by atoms with Crippen LogP contribution in [0.25, 0.3) is 0 Å². The summed E-state index contributed by atoms with van der Waals surface area (Å²) in [4.78, 5) is 10.9. The smallest absolute Gasteiger partial charge is 0.387 e. The highest BCUT2D eigenvalue weighted by Gasteiger charge is 2.15. The zero-order valence-corrected chi connectivity index (χ0v) is 8.18. The summed E-state index contributed by atoms with van der Waals surface area (Å²) in [7, 11) is 0. The highest BCUT2D eigenvalue weighted by molar-refractivity contribution is 5.94. The molecule has 0 N–H and O–H groups in total. The number of Topliss-reactive ketones (excluding diaryl/α,β-unsaturated/α-hetero) is 1. The van der Waals surface area contributed by atoms with E-state index in [1.807, 2.05) is 0 Å². The van der Waals surface area contributed by atoms with Crippen LogP contribution in [0.5, 0.6) is 5.75 Å². The van der Waals surface area contributed by atoms with Gasteiger partial charge in [-0.1, -0.05) is 0 Å². The standard InChI is InChI=1S/C10H9F3O2/c1-5-8(15-10(12)13)4-3-7(6(2)14)9(5)11/h3-4,10H,1-2H3. The van der Waals surface area contributed by atoms with Crippen molar-refractivity contribution in [2.24, 2.45) is 0 Å². The van der Waals surface area contributed by atoms with Crippen LogP contribution in [0, 0.1) is 12.7 Å². The van der Waals surface area contributed by atoms with Crippen molar-refractivity contribution in [2.75, 3.05) is 0 Å². The summed E-state index contributed by atoms with van der Waals surface area (Å²) in [6, 6.07) is 2.28. The lowest BCUT2D eigenvalue weighted by Crippen LogP contribution is -2.06. The summed E-state index contributed by atoms with van der Waals surface area (Å²) in [6.45, 7) is -0.531. The molecule has 0 saturated carbocycles. The van der Waals surface area contributed by atoms with Gasteiger partial charge in [0.15, 0.2) is 5.78 Å². The second-order valence-electron chi connectivity index (χ2n) is 2.98. The number of ketones is 1. The molecule has 82 valence electrons. The fourth-order valence-electron chi connectivity index (χ4n) is 1.16. The Balaban J connectivity index is 3.15. The van der Waals surface area contributed by atoms with Gasteiger partial charge in [0.05, 0.1) is 5.56 Å². The third-order valence-corrected chi connectivity index (χ3v) is 1.93. The first-order valence-corrected chi connectivity index (χ1v) is 4.18. The van der Waals surface area contributed by atoms with E-state index < -0.39 is 18.2 Å². The Morgan fingerprint density at radius 2 is 2.00 bits per heavy atom. The molecule has 0 spiro atoms. The maximum atomic E-state index is 13.4. The number of alkyl halides is 2. The van der Waals surface area contributed by atoms with Crippen molar-refractivity contribution in [3.05, 3.63) is 29.1 Å². The van der Waals surface area contributed by atoms with Crippen LogP contribution in [-0.2, 0) is 0 Å². The van der Waals surface area contributed by atoms with Crippen molar-refractivity contribution in [3.63, 3.8) is 0 Å². The van der Waals surface area contributed by atoms with Gasteiger partial charge in [0.25, 0.3) is 0 Å². The van der Waals surface area contributed by atoms with E-state index in [9.17, 15) is 18.0 Å². The van der Waals surface area contributed by atoms with Crippen LogP contribution in [0.15, 0.2) is 12.1 Å². The molecule has 0 fully saturated rings. The van der Waals surface area contributed by atoms with Crippen LogP contribution in [0.3, 0.4) is 0 Å². The Morgan fingerprint density at radius 3 is 2.47 bits per heavy atom. The van der Waals surface area contributed by atoms with Crippen LogP contribution < -0.4 is 4.74 Å². The van der Waals surface area contributed by atoms with E-state index in [1.165, 1.54) is 13.8 Å². The highest BCUT2D eigenvalue weighted by Crippen LogP contribution is 2.25. The molecule has 0 saturated heterocycles. The van der Waals surface area contributed by atoms with E-state index in [0.29, 0.717) is 0 Å². The Labute approximate surface area is 84.7 Å². The van der Waals surface area contributed by atoms with Crippen LogP contribution >= 0.6 is 0 Å². The predicted octanol–water partition coefficient (Wildman–Crippen LogP) is 2.94. The number of carbonyl (C=O) groups excluding carboxylic acids is 1. The molecule has 0 atom stereocenters. The van der Waals surface area contributed by atoms with Crippen molar-refractivity contribution in [1.82, 2.24) is 0 Å². The van der Waals surface area contributed by atoms with Crippen molar-refractivity contribution in [1.29, 1.82) is 0 Å². The second kappa shape index (κ2) is 4.33. The van der Waals surface area contributed by atoms with E-state index in [4.69, 9.17) is 0 Å². The van der Waals surface area contributed by atoms with E-state index >= 15 is 0 Å². The molecule has 0 radical (unpaired) electrons. The second-order valence-corrected chi connectivity index (χ2v) is 2.98. The van der Waals surface area contributed by atoms with Crippen molar-refractivity contribution in [3.8, 4) is 5.75 Å². The van der Waals surface area contributed by atoms with E-state index in [0.717, 1.165) is 12.1 Å². The molecule has 1 aromatic rings. The molecule has 2 nitrogen and oxygen atoms in total. The Kier molecular flexibility index (Phi) is 3.34. The van der Waals surface area contributed by atoms with E-state index in [1.54, 1.807) is 0 Å². The van der Waals surface area contributed by atoms with Crippen LogP contribution in [0.4, 0.5) is 13.2 Å². The molecule has 0 amide bonds. The quantitative estimate of drug-likeness (QED) is 0.729. The molecule has 0 aliphatic carbocycles. The van der Waals surface area contributed by atoms with Gasteiger partial charge in [-0.2, -0.15) is 8.78 Å². The van der Waals surface area contributed by atoms with Gasteiger partial charge >= 0.3 is 6.61 Å². The first-order chi connectivity index (χ1) is 6.93. The molecule has 0 aliphatic rings. The summed E-state index contributed by atoms with van der Waals surface area (Å²) in [5.74, 6) is -1.53. The normalized spacial score (nSPS) is 10.5. The molecule has 15 heavy (non-hydrogen) atoms. The van der Waals surface area contributed by atoms with Gasteiger partial charge in [-0.3, -0.25) is 4.79 Å². The molecule has 1 rings (SSSR count). The monoisotopic (exact) mass is 218 g/mol. The molecule has 0 bridgehead atoms. The summed E-state index contributed by atoms with van der Waals surface area (Å²) in [6.07, 6.45) is 0. The zero-order valence-electron chi connectivity index (χ0n) is 8.18. The first kappa shape index (κ1) is 11.6. The third-order valence-electron chi connectivity index (χ3n) is 1.93. The third kappa shape index (κ3) is 2.49. The lowest BCUT2D eigenvalue weighted by Gasteiger charge is -2.09.